The van der Waals surface area contributed by atoms with Crippen molar-refractivity contribution in [2.24, 2.45) is 0 Å². The molecule has 268 valence electrons. The van der Waals surface area contributed by atoms with Gasteiger partial charge >= 0.3 is 24.0 Å². The van der Waals surface area contributed by atoms with Crippen LogP contribution in [0.25, 0.3) is 6.08 Å². The highest BCUT2D eigenvalue weighted by atomic mass is 35.5. The normalized spacial score (nSPS) is 14.3. The van der Waals surface area contributed by atoms with Crippen molar-refractivity contribution < 1.29 is 47.0 Å². The Morgan fingerprint density at radius 1 is 1.02 bits per heavy atom. The monoisotopic (exact) mass is 760 g/mol. The predicted molar refractivity (Wildman–Crippen MR) is 184 cm³/mol. The number of halogens is 2. The predicted octanol–water partition coefficient (Wildman–Crippen LogP) is 4.62. The smallest absolute Gasteiger partial charge is 0.349 e. The first kappa shape index (κ1) is 38.4. The van der Waals surface area contributed by atoms with Gasteiger partial charge in [-0.25, -0.2) is 32.4 Å². The summed E-state index contributed by atoms with van der Waals surface area (Å²) in [4.78, 5) is 72.0. The molecule has 3 aromatic rings. The number of methoxy groups -OCH3 is 1. The standard InChI is InChI=1S/C19H17Cl2NO4.C13H13N5O6S/c1-2-26-19(25)16(21)10-11-9-12(7-8-15(11)20)22-17(23)13-5-3-4-6-14(13)18(22)24;1-7-14-11(17-13(15-7)24-2)16-12(21)18-25(22,23)9-6-4-3-5-8(9)10(19)20/h7-10H,2-6H2,1H3;3-6H,1-2H3,(H,19,20)(H2,14,15,16,17,18,21)/b16-10-;. The van der Waals surface area contributed by atoms with E-state index in [4.69, 9.17) is 37.8 Å². The van der Waals surface area contributed by atoms with E-state index in [1.165, 1.54) is 37.1 Å². The van der Waals surface area contributed by atoms with Crippen molar-refractivity contribution in [2.45, 2.75) is 44.4 Å². The lowest BCUT2D eigenvalue weighted by molar-refractivity contribution is -0.137. The van der Waals surface area contributed by atoms with Crippen molar-refractivity contribution in [1.82, 2.24) is 19.7 Å². The molecule has 0 fully saturated rings. The summed E-state index contributed by atoms with van der Waals surface area (Å²) < 4.78 is 35.8. The number of rotatable bonds is 9. The van der Waals surface area contributed by atoms with Crippen molar-refractivity contribution in [3.63, 3.8) is 0 Å². The van der Waals surface area contributed by atoms with Crippen molar-refractivity contribution in [1.29, 1.82) is 0 Å². The fraction of sp³-hybridized carbons (Fsp3) is 0.250. The van der Waals surface area contributed by atoms with Crippen molar-refractivity contribution >= 4 is 80.7 Å². The summed E-state index contributed by atoms with van der Waals surface area (Å²) in [5, 5.41) is 11.4. The van der Waals surface area contributed by atoms with Crippen LogP contribution in [0.1, 0.15) is 54.4 Å². The topological polar surface area (TPSA) is 224 Å². The Morgan fingerprint density at radius 2 is 1.67 bits per heavy atom. The van der Waals surface area contributed by atoms with Crippen LogP contribution >= 0.6 is 23.2 Å². The molecule has 0 spiro atoms. The highest BCUT2D eigenvalue weighted by Crippen LogP contribution is 2.37. The maximum atomic E-state index is 12.7. The number of hydrogen-bond donors (Lipinski definition) is 3. The molecule has 0 unspecified atom stereocenters. The second kappa shape index (κ2) is 16.5. The van der Waals surface area contributed by atoms with E-state index in [1.54, 1.807) is 29.8 Å². The number of carboxylic acids is 1. The van der Waals surface area contributed by atoms with E-state index in [0.717, 1.165) is 25.0 Å². The number of aryl methyl sites for hydroxylation is 1. The Kier molecular flexibility index (Phi) is 12.5. The van der Waals surface area contributed by atoms with Crippen molar-refractivity contribution in [2.75, 3.05) is 23.9 Å². The molecule has 1 aliphatic carbocycles. The summed E-state index contributed by atoms with van der Waals surface area (Å²) in [7, 11) is -3.11. The average molecular weight is 762 g/mol. The quantitative estimate of drug-likeness (QED) is 0.154. The molecule has 1 aromatic heterocycles. The molecule has 19 heteroatoms. The third-order valence-electron chi connectivity index (χ3n) is 7.15. The van der Waals surface area contributed by atoms with E-state index < -0.39 is 38.5 Å². The van der Waals surface area contributed by atoms with E-state index >= 15 is 0 Å². The van der Waals surface area contributed by atoms with Crippen LogP contribution in [-0.2, 0) is 29.1 Å². The number of carboxylic acid groups (broad SMARTS) is 1. The van der Waals surface area contributed by atoms with Gasteiger partial charge in [0.1, 0.15) is 15.8 Å². The molecule has 2 aliphatic rings. The number of urea groups is 1. The molecule has 0 saturated carbocycles. The summed E-state index contributed by atoms with van der Waals surface area (Å²) in [6.07, 6.45) is 4.45. The molecule has 5 rings (SSSR count). The molecule has 0 atom stereocenters. The van der Waals surface area contributed by atoms with Crippen LogP contribution in [0.4, 0.5) is 16.4 Å². The lowest BCUT2D eigenvalue weighted by Crippen LogP contribution is -2.35. The minimum Gasteiger partial charge on any atom is -0.478 e. The number of benzene rings is 2. The SMILES string of the molecule is CCOC(=O)/C(Cl)=C/c1cc(N2C(=O)C3=C(CCCC3)C2=O)ccc1Cl.COc1nc(C)nc(NC(=O)NS(=O)(=O)c2ccccc2C(=O)O)n1. The maximum absolute atomic E-state index is 12.7. The summed E-state index contributed by atoms with van der Waals surface area (Å²) >= 11 is 12.1. The number of amides is 4. The number of ether oxygens (including phenoxy) is 2. The van der Waals surface area contributed by atoms with Crippen LogP contribution in [-0.4, -0.2) is 72.0 Å². The molecule has 16 nitrogen and oxygen atoms in total. The number of sulfonamides is 1. The van der Waals surface area contributed by atoms with Gasteiger partial charge in [0.05, 0.1) is 25.0 Å². The Balaban J connectivity index is 0.000000229. The fourth-order valence-electron chi connectivity index (χ4n) is 4.94. The number of carbonyl (C=O) groups is 5. The van der Waals surface area contributed by atoms with Gasteiger partial charge in [-0.15, -0.1) is 0 Å². The van der Waals surface area contributed by atoms with Gasteiger partial charge in [0.2, 0.25) is 5.95 Å². The van der Waals surface area contributed by atoms with Crippen LogP contribution in [0.5, 0.6) is 6.01 Å². The maximum Gasteiger partial charge on any atom is 0.349 e. The first-order valence-electron chi connectivity index (χ1n) is 15.0. The molecular weight excluding hydrogens is 731 g/mol. The fourth-order valence-corrected chi connectivity index (χ4v) is 6.39. The van der Waals surface area contributed by atoms with Gasteiger partial charge in [-0.2, -0.15) is 15.0 Å². The van der Waals surface area contributed by atoms with Crippen molar-refractivity contribution in [3.8, 4) is 6.01 Å². The molecule has 0 bridgehead atoms. The second-order valence-corrected chi connectivity index (χ2v) is 13.0. The minimum atomic E-state index is -4.43. The first-order valence-corrected chi connectivity index (χ1v) is 17.3. The molecule has 2 heterocycles. The number of nitrogens with zero attached hydrogens (tertiary/aromatic N) is 4. The number of aromatic nitrogens is 3. The highest BCUT2D eigenvalue weighted by molar-refractivity contribution is 7.90. The third kappa shape index (κ3) is 9.24. The summed E-state index contributed by atoms with van der Waals surface area (Å²) in [6.45, 7) is 3.40. The Bertz CT molecular complexity index is 2060. The van der Waals surface area contributed by atoms with Gasteiger partial charge in [0, 0.05) is 16.2 Å². The number of hydrogen-bond acceptors (Lipinski definition) is 12. The number of anilines is 2. The first-order chi connectivity index (χ1) is 24.2. The summed E-state index contributed by atoms with van der Waals surface area (Å²) in [5.74, 6) is -2.66. The molecule has 1 aliphatic heterocycles. The van der Waals surface area contributed by atoms with Crippen LogP contribution < -0.4 is 19.7 Å². The molecule has 51 heavy (non-hydrogen) atoms. The zero-order valence-electron chi connectivity index (χ0n) is 27.2. The molecule has 3 N–H and O–H groups in total. The zero-order valence-corrected chi connectivity index (χ0v) is 29.6. The summed E-state index contributed by atoms with van der Waals surface area (Å²) in [6, 6.07) is 8.36. The van der Waals surface area contributed by atoms with Crippen molar-refractivity contribution in [3.05, 3.63) is 80.6 Å². The molecule has 0 radical (unpaired) electrons. The van der Waals surface area contributed by atoms with E-state index in [9.17, 15) is 32.4 Å². The number of imide groups is 1. The van der Waals surface area contributed by atoms with E-state index in [-0.39, 0.29) is 41.2 Å². The molecular formula is C32H30Cl2N6O10S. The van der Waals surface area contributed by atoms with Crippen LogP contribution in [0.3, 0.4) is 0 Å². The molecule has 4 amide bonds. The number of carbonyl (C=O) groups excluding carboxylic acids is 4. The second-order valence-electron chi connectivity index (χ2n) is 10.6. The van der Waals surface area contributed by atoms with E-state index in [2.05, 4.69) is 20.3 Å². The molecule has 2 aromatic carbocycles. The van der Waals surface area contributed by atoms with Gasteiger partial charge in [0.25, 0.3) is 21.8 Å². The number of nitrogens with one attached hydrogen (secondary N) is 2. The largest absolute Gasteiger partial charge is 0.478 e. The van der Waals surface area contributed by atoms with Gasteiger partial charge in [-0.1, -0.05) is 35.3 Å². The van der Waals surface area contributed by atoms with Gasteiger partial charge < -0.3 is 14.6 Å². The zero-order chi connectivity index (χ0) is 37.5. The third-order valence-corrected chi connectivity index (χ3v) is 9.15. The van der Waals surface area contributed by atoms with Gasteiger partial charge in [-0.05, 0) is 81.5 Å². The van der Waals surface area contributed by atoms with E-state index in [1.807, 2.05) is 0 Å². The molecule has 0 saturated heterocycles. The van der Waals surface area contributed by atoms with Gasteiger partial charge in [0.15, 0.2) is 0 Å². The lowest BCUT2D eigenvalue weighted by Gasteiger charge is -2.16. The number of esters is 1. The highest BCUT2D eigenvalue weighted by Gasteiger charge is 2.39. The number of aromatic carboxylic acids is 1. The minimum absolute atomic E-state index is 0.0677. The van der Waals surface area contributed by atoms with Gasteiger partial charge in [-0.3, -0.25) is 14.9 Å². The van der Waals surface area contributed by atoms with Crippen LogP contribution in [0.2, 0.25) is 5.02 Å². The lowest BCUT2D eigenvalue weighted by atomic mass is 9.93. The van der Waals surface area contributed by atoms with Crippen LogP contribution in [0.15, 0.2) is 63.5 Å². The van der Waals surface area contributed by atoms with Crippen LogP contribution in [0, 0.1) is 6.92 Å². The average Bonchev–Trinajstić information content (AvgIpc) is 3.34. The Hall–Kier alpha value is -5.39. The Morgan fingerprint density at radius 3 is 2.27 bits per heavy atom. The Labute approximate surface area is 301 Å². The summed E-state index contributed by atoms with van der Waals surface area (Å²) in [5.41, 5.74) is 1.57. The van der Waals surface area contributed by atoms with E-state index in [0.29, 0.717) is 40.3 Å².